The number of terminal acetylenes is 1. The summed E-state index contributed by atoms with van der Waals surface area (Å²) in [6, 6.07) is 0. The molecule has 0 heterocycles. The van der Waals surface area contributed by atoms with Gasteiger partial charge in [0.1, 0.15) is 0 Å². The minimum Gasteiger partial charge on any atom is -0.390 e. The summed E-state index contributed by atoms with van der Waals surface area (Å²) in [5, 5.41) is 10.2. The maximum Gasteiger partial charge on any atom is 0.0940 e. The van der Waals surface area contributed by atoms with E-state index in [-0.39, 0.29) is 5.60 Å². The van der Waals surface area contributed by atoms with Crippen molar-refractivity contribution in [1.82, 2.24) is 0 Å². The number of ether oxygens (including phenoxy) is 1. The van der Waals surface area contributed by atoms with Crippen LogP contribution in [0.5, 0.6) is 0 Å². The van der Waals surface area contributed by atoms with Crippen LogP contribution < -0.4 is 0 Å². The van der Waals surface area contributed by atoms with E-state index in [1.165, 1.54) is 6.42 Å². The number of hydrogen-bond acceptors (Lipinski definition) is 2. The molecule has 0 amide bonds. The van der Waals surface area contributed by atoms with Crippen molar-refractivity contribution in [3.8, 4) is 12.3 Å². The second-order valence-electron chi connectivity index (χ2n) is 4.32. The molecular weight excluding hydrogens is 188 g/mol. The maximum absolute atomic E-state index is 10.2. The Morgan fingerprint density at radius 3 is 2.60 bits per heavy atom. The monoisotopic (exact) mass is 210 g/mol. The van der Waals surface area contributed by atoms with Gasteiger partial charge in [0.2, 0.25) is 0 Å². The van der Waals surface area contributed by atoms with Crippen LogP contribution >= 0.6 is 0 Å². The highest BCUT2D eigenvalue weighted by atomic mass is 16.5. The van der Waals surface area contributed by atoms with Crippen molar-refractivity contribution in [3.63, 3.8) is 0 Å². The van der Waals surface area contributed by atoms with Crippen molar-refractivity contribution in [2.45, 2.75) is 63.6 Å². The molecule has 86 valence electrons. The minimum atomic E-state index is -0.395. The highest BCUT2D eigenvalue weighted by molar-refractivity contribution is 4.94. The lowest BCUT2D eigenvalue weighted by molar-refractivity contribution is -0.140. The predicted octanol–water partition coefficient (Wildman–Crippen LogP) is 2.50. The van der Waals surface area contributed by atoms with Crippen molar-refractivity contribution in [1.29, 1.82) is 0 Å². The van der Waals surface area contributed by atoms with Crippen LogP contribution in [0.1, 0.15) is 51.9 Å². The van der Waals surface area contributed by atoms with E-state index in [2.05, 4.69) is 5.92 Å². The third-order valence-electron chi connectivity index (χ3n) is 3.30. The van der Waals surface area contributed by atoms with Crippen molar-refractivity contribution in [3.05, 3.63) is 0 Å². The first-order chi connectivity index (χ1) is 7.25. The van der Waals surface area contributed by atoms with Gasteiger partial charge in [0.15, 0.2) is 0 Å². The molecule has 0 aromatic rings. The Balaban J connectivity index is 2.58. The average Bonchev–Trinajstić information content (AvgIpc) is 2.27. The van der Waals surface area contributed by atoms with Gasteiger partial charge in [0, 0.05) is 13.0 Å². The van der Waals surface area contributed by atoms with E-state index >= 15 is 0 Å². The van der Waals surface area contributed by atoms with E-state index in [9.17, 15) is 5.11 Å². The maximum atomic E-state index is 10.2. The highest BCUT2D eigenvalue weighted by Crippen LogP contribution is 2.36. The molecule has 0 saturated heterocycles. The van der Waals surface area contributed by atoms with Gasteiger partial charge in [-0.1, -0.05) is 19.3 Å². The fraction of sp³-hybridized carbons (Fsp3) is 0.846. The molecule has 1 rings (SSSR count). The Bertz CT molecular complexity index is 206. The molecule has 1 unspecified atom stereocenters. The molecule has 1 aliphatic rings. The molecule has 2 heteroatoms. The van der Waals surface area contributed by atoms with Gasteiger partial charge in [-0.15, -0.1) is 12.3 Å². The van der Waals surface area contributed by atoms with Gasteiger partial charge < -0.3 is 9.84 Å². The molecule has 0 aromatic heterocycles. The second-order valence-corrected chi connectivity index (χ2v) is 4.32. The largest absolute Gasteiger partial charge is 0.390 e. The van der Waals surface area contributed by atoms with E-state index in [1.54, 1.807) is 0 Å². The van der Waals surface area contributed by atoms with E-state index in [1.807, 2.05) is 6.92 Å². The first-order valence-corrected chi connectivity index (χ1v) is 6.00. The summed E-state index contributed by atoms with van der Waals surface area (Å²) < 4.78 is 5.81. The fourth-order valence-electron chi connectivity index (χ4n) is 2.49. The van der Waals surface area contributed by atoms with Gasteiger partial charge >= 0.3 is 0 Å². The second kappa shape index (κ2) is 6.15. The molecule has 15 heavy (non-hydrogen) atoms. The summed E-state index contributed by atoms with van der Waals surface area (Å²) in [5.41, 5.74) is -0.302. The summed E-state index contributed by atoms with van der Waals surface area (Å²) in [7, 11) is 0. The van der Waals surface area contributed by atoms with Crippen molar-refractivity contribution < 1.29 is 9.84 Å². The third-order valence-corrected chi connectivity index (χ3v) is 3.30. The summed E-state index contributed by atoms with van der Waals surface area (Å²) in [6.45, 7) is 2.66. The molecule has 0 bridgehead atoms. The average molecular weight is 210 g/mol. The van der Waals surface area contributed by atoms with Gasteiger partial charge in [-0.3, -0.25) is 0 Å². The lowest BCUT2D eigenvalue weighted by Crippen LogP contribution is -2.46. The van der Waals surface area contributed by atoms with Gasteiger partial charge in [0.25, 0.3) is 0 Å². The summed E-state index contributed by atoms with van der Waals surface area (Å²) >= 11 is 0. The van der Waals surface area contributed by atoms with Crippen LogP contribution in [0.2, 0.25) is 0 Å². The molecule has 2 nitrogen and oxygen atoms in total. The van der Waals surface area contributed by atoms with Crippen LogP contribution in [-0.4, -0.2) is 23.4 Å². The van der Waals surface area contributed by atoms with Crippen molar-refractivity contribution >= 4 is 0 Å². The van der Waals surface area contributed by atoms with Gasteiger partial charge in [-0.25, -0.2) is 0 Å². The van der Waals surface area contributed by atoms with E-state index in [0.717, 1.165) is 25.7 Å². The molecule has 1 atom stereocenters. The summed E-state index contributed by atoms with van der Waals surface area (Å²) in [5.74, 6) is 2.58. The van der Waals surface area contributed by atoms with Crippen LogP contribution in [0.3, 0.4) is 0 Å². The van der Waals surface area contributed by atoms with Crippen LogP contribution in [0.25, 0.3) is 0 Å². The van der Waals surface area contributed by atoms with E-state index in [4.69, 9.17) is 11.2 Å². The number of aliphatic hydroxyl groups is 1. The quantitative estimate of drug-likeness (QED) is 0.706. The molecule has 0 aromatic carbocycles. The zero-order chi connectivity index (χ0) is 11.1. The summed E-state index contributed by atoms with van der Waals surface area (Å²) in [6.07, 6.45) is 11.7. The highest BCUT2D eigenvalue weighted by Gasteiger charge is 2.39. The predicted molar refractivity (Wildman–Crippen MR) is 61.5 cm³/mol. The van der Waals surface area contributed by atoms with Crippen LogP contribution in [0, 0.1) is 12.3 Å². The first kappa shape index (κ1) is 12.5. The third kappa shape index (κ3) is 3.22. The smallest absolute Gasteiger partial charge is 0.0940 e. The fourth-order valence-corrected chi connectivity index (χ4v) is 2.49. The molecular formula is C13H22O2. The number of rotatable bonds is 5. The van der Waals surface area contributed by atoms with E-state index < -0.39 is 6.10 Å². The first-order valence-electron chi connectivity index (χ1n) is 6.00. The van der Waals surface area contributed by atoms with Crippen molar-refractivity contribution in [2.75, 3.05) is 6.61 Å². The molecule has 1 saturated carbocycles. The SMILES string of the molecule is C#CCCC(O)C1(OCC)CCCCC1. The lowest BCUT2D eigenvalue weighted by atomic mass is 9.79. The Morgan fingerprint density at radius 1 is 1.40 bits per heavy atom. The van der Waals surface area contributed by atoms with Gasteiger partial charge in [-0.05, 0) is 26.2 Å². The zero-order valence-electron chi connectivity index (χ0n) is 9.67. The molecule has 1 fully saturated rings. The van der Waals surface area contributed by atoms with Crippen LogP contribution in [-0.2, 0) is 4.74 Å². The lowest BCUT2D eigenvalue weighted by Gasteiger charge is -2.40. The van der Waals surface area contributed by atoms with Gasteiger partial charge in [0.05, 0.1) is 11.7 Å². The van der Waals surface area contributed by atoms with Crippen LogP contribution in [0.15, 0.2) is 0 Å². The zero-order valence-corrected chi connectivity index (χ0v) is 9.67. The molecule has 0 spiro atoms. The number of aliphatic hydroxyl groups excluding tert-OH is 1. The topological polar surface area (TPSA) is 29.5 Å². The molecule has 1 N–H and O–H groups in total. The van der Waals surface area contributed by atoms with Crippen LogP contribution in [0.4, 0.5) is 0 Å². The Labute approximate surface area is 93.0 Å². The molecule has 0 aliphatic heterocycles. The Kier molecular flexibility index (Phi) is 5.14. The molecule has 0 radical (unpaired) electrons. The van der Waals surface area contributed by atoms with E-state index in [0.29, 0.717) is 19.4 Å². The molecule has 1 aliphatic carbocycles. The normalized spacial score (nSPS) is 21.9. The standard InChI is InChI=1S/C13H22O2/c1-3-5-9-12(14)13(15-4-2)10-7-6-8-11-13/h1,12,14H,4-11H2,2H3. The van der Waals surface area contributed by atoms with Gasteiger partial charge in [-0.2, -0.15) is 0 Å². The van der Waals surface area contributed by atoms with Crippen molar-refractivity contribution in [2.24, 2.45) is 0 Å². The minimum absolute atomic E-state index is 0.302. The summed E-state index contributed by atoms with van der Waals surface area (Å²) in [4.78, 5) is 0. The Morgan fingerprint density at radius 2 is 2.07 bits per heavy atom. The Hall–Kier alpha value is -0.520. The number of hydrogen-bond donors (Lipinski definition) is 1.